The van der Waals surface area contributed by atoms with Crippen LogP contribution in [-0.4, -0.2) is 19.0 Å². The average Bonchev–Trinajstić information content (AvgIpc) is 2.37. The van der Waals surface area contributed by atoms with Crippen LogP contribution in [0.2, 0.25) is 0 Å². The van der Waals surface area contributed by atoms with Crippen molar-refractivity contribution in [3.05, 3.63) is 42.0 Å². The van der Waals surface area contributed by atoms with E-state index in [9.17, 15) is 22.8 Å². The number of amides is 1. The highest BCUT2D eigenvalue weighted by Crippen LogP contribution is 2.29. The molecule has 4 nitrogen and oxygen atoms in total. The summed E-state index contributed by atoms with van der Waals surface area (Å²) in [6.07, 6.45) is -4.73. The molecule has 0 aliphatic carbocycles. The molecule has 0 aliphatic heterocycles. The molecule has 1 aromatic carbocycles. The summed E-state index contributed by atoms with van der Waals surface area (Å²) in [6, 6.07) is 3.96. The third-order valence-corrected chi connectivity index (χ3v) is 2.34. The summed E-state index contributed by atoms with van der Waals surface area (Å²) in [5.74, 6) is -1.28. The number of ether oxygens (including phenoxy) is 1. The van der Waals surface area contributed by atoms with Crippen molar-refractivity contribution in [2.45, 2.75) is 12.6 Å². The number of carbonyl (C=O) groups excluding carboxylic acids is 2. The molecule has 1 amide bonds. The molecule has 0 heterocycles. The number of halogens is 3. The highest BCUT2D eigenvalue weighted by atomic mass is 19.4. The molecule has 0 atom stereocenters. The molecule has 108 valence electrons. The van der Waals surface area contributed by atoms with Crippen LogP contribution >= 0.6 is 0 Å². The van der Waals surface area contributed by atoms with Crippen molar-refractivity contribution in [3.8, 4) is 0 Å². The molecule has 1 N–H and O–H groups in total. The summed E-state index contributed by atoms with van der Waals surface area (Å²) in [4.78, 5) is 22.6. The van der Waals surface area contributed by atoms with Crippen LogP contribution in [-0.2, 0) is 20.5 Å². The van der Waals surface area contributed by atoms with E-state index in [-0.39, 0.29) is 17.7 Å². The first-order valence-electron chi connectivity index (χ1n) is 5.47. The Hall–Kier alpha value is -2.31. The summed E-state index contributed by atoms with van der Waals surface area (Å²) >= 11 is 0. The monoisotopic (exact) mass is 287 g/mol. The summed E-state index contributed by atoms with van der Waals surface area (Å²) in [6.45, 7) is 3.37. The number of hydrogen-bond donors (Lipinski definition) is 1. The van der Waals surface area contributed by atoms with Gasteiger partial charge in [0.25, 0.3) is 0 Å². The molecule has 0 fully saturated rings. The zero-order chi connectivity index (χ0) is 15.3. The van der Waals surface area contributed by atoms with Crippen LogP contribution in [0.15, 0.2) is 36.4 Å². The van der Waals surface area contributed by atoms with Gasteiger partial charge in [-0.1, -0.05) is 6.58 Å². The molecule has 0 aliphatic rings. The van der Waals surface area contributed by atoms with Gasteiger partial charge in [0.1, 0.15) is 0 Å². The SMILES string of the molecule is C=C(CC(=O)Nc1ccc(C(F)(F)F)cc1)C(=O)OC. The van der Waals surface area contributed by atoms with Gasteiger partial charge in [-0.05, 0) is 24.3 Å². The van der Waals surface area contributed by atoms with E-state index in [1.54, 1.807) is 0 Å². The van der Waals surface area contributed by atoms with Gasteiger partial charge in [0.15, 0.2) is 0 Å². The van der Waals surface area contributed by atoms with Gasteiger partial charge in [-0.15, -0.1) is 0 Å². The molecule has 0 saturated heterocycles. The van der Waals surface area contributed by atoms with Crippen LogP contribution in [0.5, 0.6) is 0 Å². The van der Waals surface area contributed by atoms with Gasteiger partial charge in [0.05, 0.1) is 19.1 Å². The minimum absolute atomic E-state index is 0.0445. The lowest BCUT2D eigenvalue weighted by atomic mass is 10.2. The lowest BCUT2D eigenvalue weighted by molar-refractivity contribution is -0.138. The Morgan fingerprint density at radius 1 is 1.25 bits per heavy atom. The Balaban J connectivity index is 2.63. The predicted molar refractivity (Wildman–Crippen MR) is 65.8 cm³/mol. The Bertz CT molecular complexity index is 521. The Morgan fingerprint density at radius 2 is 1.80 bits per heavy atom. The smallest absolute Gasteiger partial charge is 0.416 e. The Kier molecular flexibility index (Phi) is 4.90. The molecule has 0 saturated carbocycles. The van der Waals surface area contributed by atoms with Gasteiger partial charge in [-0.2, -0.15) is 13.2 Å². The molecular formula is C13H12F3NO3. The third-order valence-electron chi connectivity index (χ3n) is 2.34. The predicted octanol–water partition coefficient (Wildman–Crippen LogP) is 2.76. The van der Waals surface area contributed by atoms with Crippen LogP contribution in [0.4, 0.5) is 18.9 Å². The standard InChI is InChI=1S/C13H12F3NO3/c1-8(12(19)20-2)7-11(18)17-10-5-3-9(4-6-10)13(14,15)16/h3-6H,1,7H2,2H3,(H,17,18). The number of benzene rings is 1. The topological polar surface area (TPSA) is 55.4 Å². The summed E-state index contributed by atoms with van der Waals surface area (Å²) in [5, 5.41) is 2.36. The third kappa shape index (κ3) is 4.42. The number of methoxy groups -OCH3 is 1. The zero-order valence-electron chi connectivity index (χ0n) is 10.6. The average molecular weight is 287 g/mol. The van der Waals surface area contributed by atoms with Gasteiger partial charge in [-0.25, -0.2) is 4.79 Å². The highest BCUT2D eigenvalue weighted by Gasteiger charge is 2.29. The van der Waals surface area contributed by atoms with Gasteiger partial charge >= 0.3 is 12.1 Å². The Labute approximate surface area is 113 Å². The number of anilines is 1. The van der Waals surface area contributed by atoms with Crippen molar-refractivity contribution in [2.24, 2.45) is 0 Å². The van der Waals surface area contributed by atoms with Gasteiger partial charge < -0.3 is 10.1 Å². The molecule has 0 radical (unpaired) electrons. The fourth-order valence-corrected chi connectivity index (χ4v) is 1.36. The van der Waals surface area contributed by atoms with Gasteiger partial charge in [0, 0.05) is 11.3 Å². The fourth-order valence-electron chi connectivity index (χ4n) is 1.36. The molecule has 0 unspecified atom stereocenters. The second-order valence-corrected chi connectivity index (χ2v) is 3.90. The maximum absolute atomic E-state index is 12.3. The molecule has 1 rings (SSSR count). The largest absolute Gasteiger partial charge is 0.466 e. The summed E-state index contributed by atoms with van der Waals surface area (Å²) in [7, 11) is 1.15. The highest BCUT2D eigenvalue weighted by molar-refractivity contribution is 5.99. The van der Waals surface area contributed by atoms with E-state index < -0.39 is 23.6 Å². The maximum Gasteiger partial charge on any atom is 0.416 e. The van der Waals surface area contributed by atoms with Crippen molar-refractivity contribution in [1.82, 2.24) is 0 Å². The van der Waals surface area contributed by atoms with E-state index in [1.807, 2.05) is 0 Å². The van der Waals surface area contributed by atoms with E-state index in [2.05, 4.69) is 16.6 Å². The molecular weight excluding hydrogens is 275 g/mol. The van der Waals surface area contributed by atoms with Crippen molar-refractivity contribution in [1.29, 1.82) is 0 Å². The van der Waals surface area contributed by atoms with E-state index >= 15 is 0 Å². The van der Waals surface area contributed by atoms with Crippen LogP contribution in [0, 0.1) is 0 Å². The Morgan fingerprint density at radius 3 is 2.25 bits per heavy atom. The number of nitrogens with one attached hydrogen (secondary N) is 1. The second-order valence-electron chi connectivity index (χ2n) is 3.90. The van der Waals surface area contributed by atoms with Crippen LogP contribution in [0.1, 0.15) is 12.0 Å². The number of rotatable bonds is 4. The molecule has 1 aromatic rings. The van der Waals surface area contributed by atoms with Crippen molar-refractivity contribution >= 4 is 17.6 Å². The van der Waals surface area contributed by atoms with E-state index in [0.29, 0.717) is 0 Å². The minimum atomic E-state index is -4.43. The molecule has 0 bridgehead atoms. The van der Waals surface area contributed by atoms with E-state index in [1.165, 1.54) is 0 Å². The summed E-state index contributed by atoms with van der Waals surface area (Å²) in [5.41, 5.74) is -0.660. The normalized spacial score (nSPS) is 10.8. The quantitative estimate of drug-likeness (QED) is 0.684. The van der Waals surface area contributed by atoms with Crippen molar-refractivity contribution in [3.63, 3.8) is 0 Å². The number of carbonyl (C=O) groups is 2. The van der Waals surface area contributed by atoms with Crippen molar-refractivity contribution < 1.29 is 27.5 Å². The molecule has 7 heteroatoms. The van der Waals surface area contributed by atoms with E-state index in [0.717, 1.165) is 31.4 Å². The lowest BCUT2D eigenvalue weighted by Gasteiger charge is -2.09. The maximum atomic E-state index is 12.3. The summed E-state index contributed by atoms with van der Waals surface area (Å²) < 4.78 is 41.4. The second kappa shape index (κ2) is 6.23. The number of hydrogen-bond acceptors (Lipinski definition) is 3. The van der Waals surface area contributed by atoms with Crippen LogP contribution in [0.3, 0.4) is 0 Å². The molecule has 0 spiro atoms. The number of alkyl halides is 3. The lowest BCUT2D eigenvalue weighted by Crippen LogP contribution is -2.16. The van der Waals surface area contributed by atoms with Crippen LogP contribution in [0.25, 0.3) is 0 Å². The molecule has 20 heavy (non-hydrogen) atoms. The van der Waals surface area contributed by atoms with Gasteiger partial charge in [-0.3, -0.25) is 4.79 Å². The van der Waals surface area contributed by atoms with Crippen molar-refractivity contribution in [2.75, 3.05) is 12.4 Å². The first kappa shape index (κ1) is 15.7. The van der Waals surface area contributed by atoms with Gasteiger partial charge in [0.2, 0.25) is 5.91 Å². The number of esters is 1. The zero-order valence-corrected chi connectivity index (χ0v) is 10.6. The first-order valence-corrected chi connectivity index (χ1v) is 5.47. The van der Waals surface area contributed by atoms with Crippen LogP contribution < -0.4 is 5.32 Å². The minimum Gasteiger partial charge on any atom is -0.466 e. The molecule has 0 aromatic heterocycles. The first-order chi connectivity index (χ1) is 9.24. The fraction of sp³-hybridized carbons (Fsp3) is 0.231. The van der Waals surface area contributed by atoms with E-state index in [4.69, 9.17) is 0 Å².